The predicted octanol–water partition coefficient (Wildman–Crippen LogP) is 2.46. The normalized spacial score (nSPS) is 15.6. The Morgan fingerprint density at radius 2 is 2.07 bits per heavy atom. The highest BCUT2D eigenvalue weighted by molar-refractivity contribution is 5.40. The lowest BCUT2D eigenvalue weighted by molar-refractivity contribution is 0.268. The van der Waals surface area contributed by atoms with E-state index in [0.29, 0.717) is 18.6 Å². The van der Waals surface area contributed by atoms with Crippen LogP contribution in [0.4, 0.5) is 8.78 Å². The quantitative estimate of drug-likeness (QED) is 0.812. The van der Waals surface area contributed by atoms with Gasteiger partial charge in [0.1, 0.15) is 5.82 Å². The summed E-state index contributed by atoms with van der Waals surface area (Å²) in [6.07, 6.45) is 2.15. The number of phenols is 1. The van der Waals surface area contributed by atoms with Gasteiger partial charge >= 0.3 is 0 Å². The molecule has 0 heterocycles. The van der Waals surface area contributed by atoms with Crippen molar-refractivity contribution < 1.29 is 18.6 Å². The minimum Gasteiger partial charge on any atom is -0.504 e. The Bertz CT molecular complexity index is 325. The Hall–Kier alpha value is -1.32. The molecule has 1 fully saturated rings. The average Bonchev–Trinajstić information content (AvgIpc) is 2.85. The van der Waals surface area contributed by atoms with Crippen LogP contribution in [0.25, 0.3) is 0 Å². The first kappa shape index (κ1) is 9.24. The molecule has 0 bridgehead atoms. The zero-order valence-electron chi connectivity index (χ0n) is 7.46. The Labute approximate surface area is 80.1 Å². The Kier molecular flexibility index (Phi) is 2.27. The van der Waals surface area contributed by atoms with E-state index in [4.69, 9.17) is 4.74 Å². The number of ether oxygens (including phenoxy) is 1. The van der Waals surface area contributed by atoms with Crippen LogP contribution in [-0.2, 0) is 0 Å². The second-order valence-electron chi connectivity index (χ2n) is 3.49. The van der Waals surface area contributed by atoms with Crippen LogP contribution in [0.15, 0.2) is 12.1 Å². The van der Waals surface area contributed by atoms with Crippen LogP contribution in [0.5, 0.6) is 11.5 Å². The van der Waals surface area contributed by atoms with Gasteiger partial charge in [-0.3, -0.25) is 0 Å². The zero-order chi connectivity index (χ0) is 10.1. The molecule has 0 aliphatic heterocycles. The van der Waals surface area contributed by atoms with E-state index in [1.165, 1.54) is 0 Å². The van der Waals surface area contributed by atoms with Crippen LogP contribution in [0.3, 0.4) is 0 Å². The van der Waals surface area contributed by atoms with Crippen molar-refractivity contribution in [2.45, 2.75) is 12.8 Å². The van der Waals surface area contributed by atoms with Gasteiger partial charge in [0.2, 0.25) is 0 Å². The maximum atomic E-state index is 13.1. The van der Waals surface area contributed by atoms with Crippen LogP contribution in [0.2, 0.25) is 0 Å². The highest BCUT2D eigenvalue weighted by Crippen LogP contribution is 2.34. The predicted molar refractivity (Wildman–Crippen MR) is 46.2 cm³/mol. The number of hydrogen-bond acceptors (Lipinski definition) is 2. The molecule has 0 unspecified atom stereocenters. The Morgan fingerprint density at radius 3 is 2.64 bits per heavy atom. The molecule has 0 amide bonds. The van der Waals surface area contributed by atoms with Gasteiger partial charge in [0.25, 0.3) is 0 Å². The van der Waals surface area contributed by atoms with Crippen molar-refractivity contribution in [1.82, 2.24) is 0 Å². The molecule has 1 aliphatic rings. The van der Waals surface area contributed by atoms with Gasteiger partial charge in [-0.15, -0.1) is 0 Å². The van der Waals surface area contributed by atoms with E-state index in [0.717, 1.165) is 18.9 Å². The van der Waals surface area contributed by atoms with Crippen molar-refractivity contribution in [3.05, 3.63) is 23.8 Å². The zero-order valence-corrected chi connectivity index (χ0v) is 7.46. The van der Waals surface area contributed by atoms with E-state index in [9.17, 15) is 13.9 Å². The largest absolute Gasteiger partial charge is 0.504 e. The molecule has 4 heteroatoms. The van der Waals surface area contributed by atoms with Gasteiger partial charge < -0.3 is 9.84 Å². The lowest BCUT2D eigenvalue weighted by Gasteiger charge is -2.08. The summed E-state index contributed by atoms with van der Waals surface area (Å²) in [5, 5.41) is 9.20. The van der Waals surface area contributed by atoms with Gasteiger partial charge in [-0.05, 0) is 18.8 Å². The van der Waals surface area contributed by atoms with E-state index in [1.54, 1.807) is 0 Å². The van der Waals surface area contributed by atoms with Crippen molar-refractivity contribution in [3.63, 3.8) is 0 Å². The molecule has 1 aromatic rings. The van der Waals surface area contributed by atoms with Gasteiger partial charge in [-0.2, -0.15) is 0 Å². The molecule has 14 heavy (non-hydrogen) atoms. The van der Waals surface area contributed by atoms with Crippen LogP contribution < -0.4 is 4.74 Å². The molecule has 0 radical (unpaired) electrons. The Balaban J connectivity index is 2.13. The van der Waals surface area contributed by atoms with Crippen molar-refractivity contribution in [3.8, 4) is 11.5 Å². The van der Waals surface area contributed by atoms with Gasteiger partial charge in [-0.25, -0.2) is 8.78 Å². The second-order valence-corrected chi connectivity index (χ2v) is 3.49. The standard InChI is InChI=1S/C10H10F2O2/c11-7-3-8(12)10(9(13)4-7)14-5-6-1-2-6/h3-4,6,13H,1-2,5H2. The summed E-state index contributed by atoms with van der Waals surface area (Å²) in [6, 6.07) is 1.53. The van der Waals surface area contributed by atoms with Gasteiger partial charge in [0.05, 0.1) is 6.61 Å². The van der Waals surface area contributed by atoms with Crippen LogP contribution in [-0.4, -0.2) is 11.7 Å². The number of rotatable bonds is 3. The third kappa shape index (κ3) is 1.95. The molecule has 1 saturated carbocycles. The monoisotopic (exact) mass is 200 g/mol. The van der Waals surface area contributed by atoms with Crippen LogP contribution >= 0.6 is 0 Å². The van der Waals surface area contributed by atoms with Crippen molar-refractivity contribution >= 4 is 0 Å². The molecular weight excluding hydrogens is 190 g/mol. The topological polar surface area (TPSA) is 29.5 Å². The van der Waals surface area contributed by atoms with Gasteiger partial charge in [0.15, 0.2) is 17.3 Å². The van der Waals surface area contributed by atoms with Crippen molar-refractivity contribution in [1.29, 1.82) is 0 Å². The highest BCUT2D eigenvalue weighted by atomic mass is 19.1. The maximum Gasteiger partial charge on any atom is 0.197 e. The fourth-order valence-corrected chi connectivity index (χ4v) is 1.18. The van der Waals surface area contributed by atoms with E-state index in [1.807, 2.05) is 0 Å². The highest BCUT2D eigenvalue weighted by Gasteiger charge is 2.23. The number of halogens is 2. The van der Waals surface area contributed by atoms with Crippen LogP contribution in [0, 0.1) is 17.6 Å². The molecule has 76 valence electrons. The second kappa shape index (κ2) is 3.44. The minimum atomic E-state index is -0.858. The summed E-state index contributed by atoms with van der Waals surface area (Å²) in [7, 11) is 0. The average molecular weight is 200 g/mol. The Morgan fingerprint density at radius 1 is 1.36 bits per heavy atom. The number of phenolic OH excluding ortho intramolecular Hbond substituents is 1. The number of aromatic hydroxyl groups is 1. The summed E-state index contributed by atoms with van der Waals surface area (Å²) in [5.74, 6) is -1.94. The minimum absolute atomic E-state index is 0.252. The van der Waals surface area contributed by atoms with E-state index in [-0.39, 0.29) is 5.75 Å². The van der Waals surface area contributed by atoms with E-state index >= 15 is 0 Å². The van der Waals surface area contributed by atoms with Crippen molar-refractivity contribution in [2.24, 2.45) is 5.92 Å². The van der Waals surface area contributed by atoms with Gasteiger partial charge in [-0.1, -0.05) is 0 Å². The molecule has 0 aromatic heterocycles. The first-order chi connectivity index (χ1) is 6.66. The maximum absolute atomic E-state index is 13.1. The SMILES string of the molecule is Oc1cc(F)cc(F)c1OCC1CC1. The summed E-state index contributed by atoms with van der Waals surface area (Å²) in [5.41, 5.74) is 0. The first-order valence-electron chi connectivity index (χ1n) is 4.47. The summed E-state index contributed by atoms with van der Waals surface area (Å²) >= 11 is 0. The van der Waals surface area contributed by atoms with Crippen molar-refractivity contribution in [2.75, 3.05) is 6.61 Å². The molecule has 1 N–H and O–H groups in total. The lowest BCUT2D eigenvalue weighted by Crippen LogP contribution is -2.01. The molecule has 2 nitrogen and oxygen atoms in total. The fourth-order valence-electron chi connectivity index (χ4n) is 1.18. The molecule has 1 aliphatic carbocycles. The summed E-state index contributed by atoms with van der Waals surface area (Å²) in [4.78, 5) is 0. The molecular formula is C10H10F2O2. The van der Waals surface area contributed by atoms with Gasteiger partial charge in [0, 0.05) is 12.1 Å². The third-order valence-corrected chi connectivity index (χ3v) is 2.15. The molecule has 0 saturated heterocycles. The lowest BCUT2D eigenvalue weighted by atomic mass is 10.3. The van der Waals surface area contributed by atoms with E-state index in [2.05, 4.69) is 0 Å². The van der Waals surface area contributed by atoms with E-state index < -0.39 is 17.4 Å². The molecule has 1 aromatic carbocycles. The number of hydrogen-bond donors (Lipinski definition) is 1. The molecule has 2 rings (SSSR count). The fraction of sp³-hybridized carbons (Fsp3) is 0.400. The molecule has 0 spiro atoms. The summed E-state index contributed by atoms with van der Waals surface area (Å²) < 4.78 is 30.7. The summed E-state index contributed by atoms with van der Waals surface area (Å²) in [6.45, 7) is 0.385. The third-order valence-electron chi connectivity index (χ3n) is 2.15. The first-order valence-corrected chi connectivity index (χ1v) is 4.47. The van der Waals surface area contributed by atoms with Crippen LogP contribution in [0.1, 0.15) is 12.8 Å². The number of benzene rings is 1. The molecule has 0 atom stereocenters. The smallest absolute Gasteiger partial charge is 0.197 e.